The molecule has 0 fully saturated rings. The summed E-state index contributed by atoms with van der Waals surface area (Å²) in [5.74, 6) is 0.959. The van der Waals surface area contributed by atoms with Crippen LogP contribution in [0.3, 0.4) is 0 Å². The molecule has 2 nitrogen and oxygen atoms in total. The standard InChI is InChI=1S/C19H25NO/c1-4-17(14-20-15(2)3)21-19-13-9-8-12-18(19)16-10-6-5-7-11-16/h5-13,15,17,20H,4,14H2,1-3H3. The molecule has 2 heteroatoms. The number of hydrogen-bond acceptors (Lipinski definition) is 2. The predicted molar refractivity (Wildman–Crippen MR) is 89.7 cm³/mol. The Bertz CT molecular complexity index is 536. The number of para-hydroxylation sites is 1. The van der Waals surface area contributed by atoms with E-state index in [9.17, 15) is 0 Å². The lowest BCUT2D eigenvalue weighted by Crippen LogP contribution is -2.34. The summed E-state index contributed by atoms with van der Waals surface area (Å²) in [5.41, 5.74) is 2.35. The number of nitrogens with one attached hydrogen (secondary N) is 1. The first kappa shape index (κ1) is 15.6. The Morgan fingerprint density at radius 1 is 0.952 bits per heavy atom. The molecule has 0 heterocycles. The minimum absolute atomic E-state index is 0.192. The maximum absolute atomic E-state index is 6.24. The third-order valence-electron chi connectivity index (χ3n) is 3.47. The summed E-state index contributed by atoms with van der Waals surface area (Å²) >= 11 is 0. The van der Waals surface area contributed by atoms with Gasteiger partial charge in [-0.25, -0.2) is 0 Å². The number of benzene rings is 2. The Balaban J connectivity index is 2.16. The maximum atomic E-state index is 6.24. The van der Waals surface area contributed by atoms with Crippen LogP contribution in [-0.4, -0.2) is 18.7 Å². The Morgan fingerprint density at radius 2 is 1.62 bits per heavy atom. The van der Waals surface area contributed by atoms with E-state index in [1.54, 1.807) is 0 Å². The molecule has 0 saturated heterocycles. The molecular formula is C19H25NO. The van der Waals surface area contributed by atoms with Crippen LogP contribution in [0.15, 0.2) is 54.6 Å². The molecule has 2 rings (SSSR count). The molecule has 0 aliphatic carbocycles. The van der Waals surface area contributed by atoms with Gasteiger partial charge in [0.2, 0.25) is 0 Å². The monoisotopic (exact) mass is 283 g/mol. The van der Waals surface area contributed by atoms with Crippen molar-refractivity contribution in [3.63, 3.8) is 0 Å². The quantitative estimate of drug-likeness (QED) is 0.807. The first-order valence-electron chi connectivity index (χ1n) is 7.75. The molecule has 0 aromatic heterocycles. The van der Waals surface area contributed by atoms with Crippen molar-refractivity contribution in [2.75, 3.05) is 6.54 Å². The van der Waals surface area contributed by atoms with Gasteiger partial charge >= 0.3 is 0 Å². The van der Waals surface area contributed by atoms with Crippen LogP contribution in [0.25, 0.3) is 11.1 Å². The van der Waals surface area contributed by atoms with Crippen LogP contribution >= 0.6 is 0 Å². The predicted octanol–water partition coefficient (Wildman–Crippen LogP) is 4.51. The lowest BCUT2D eigenvalue weighted by molar-refractivity contribution is 0.191. The van der Waals surface area contributed by atoms with Crippen LogP contribution < -0.4 is 10.1 Å². The number of hydrogen-bond donors (Lipinski definition) is 1. The van der Waals surface area contributed by atoms with E-state index in [0.717, 1.165) is 24.3 Å². The van der Waals surface area contributed by atoms with Gasteiger partial charge in [0.05, 0.1) is 0 Å². The molecule has 2 aromatic rings. The van der Waals surface area contributed by atoms with Crippen molar-refractivity contribution in [3.05, 3.63) is 54.6 Å². The Kier molecular flexibility index (Phi) is 5.82. The molecule has 2 aromatic carbocycles. The molecule has 1 atom stereocenters. The third-order valence-corrected chi connectivity index (χ3v) is 3.47. The van der Waals surface area contributed by atoms with Crippen molar-refractivity contribution in [3.8, 4) is 16.9 Å². The van der Waals surface area contributed by atoms with Gasteiger partial charge in [0.25, 0.3) is 0 Å². The van der Waals surface area contributed by atoms with E-state index < -0.39 is 0 Å². The summed E-state index contributed by atoms with van der Waals surface area (Å²) in [6.07, 6.45) is 1.18. The zero-order valence-electron chi connectivity index (χ0n) is 13.2. The van der Waals surface area contributed by atoms with E-state index >= 15 is 0 Å². The number of rotatable bonds is 7. The van der Waals surface area contributed by atoms with E-state index in [1.165, 1.54) is 5.56 Å². The second-order valence-electron chi connectivity index (χ2n) is 5.57. The van der Waals surface area contributed by atoms with Gasteiger partial charge in [-0.05, 0) is 18.1 Å². The van der Waals surface area contributed by atoms with Crippen molar-refractivity contribution in [1.29, 1.82) is 0 Å². The van der Waals surface area contributed by atoms with E-state index in [-0.39, 0.29) is 6.10 Å². The maximum Gasteiger partial charge on any atom is 0.127 e. The van der Waals surface area contributed by atoms with E-state index in [2.05, 4.69) is 68.6 Å². The van der Waals surface area contributed by atoms with Crippen LogP contribution in [-0.2, 0) is 0 Å². The van der Waals surface area contributed by atoms with Crippen molar-refractivity contribution in [2.45, 2.75) is 39.3 Å². The summed E-state index contributed by atoms with van der Waals surface area (Å²) in [4.78, 5) is 0. The van der Waals surface area contributed by atoms with Gasteiger partial charge in [-0.1, -0.05) is 69.3 Å². The van der Waals surface area contributed by atoms with Crippen LogP contribution in [0.4, 0.5) is 0 Å². The Labute approximate surface area is 128 Å². The summed E-state index contributed by atoms with van der Waals surface area (Å²) in [6.45, 7) is 7.35. The van der Waals surface area contributed by atoms with E-state index in [4.69, 9.17) is 4.74 Å². The molecule has 112 valence electrons. The summed E-state index contributed by atoms with van der Waals surface area (Å²) in [6, 6.07) is 19.1. The van der Waals surface area contributed by atoms with Gasteiger partial charge in [-0.3, -0.25) is 0 Å². The molecule has 0 aliphatic rings. The summed E-state index contributed by atoms with van der Waals surface area (Å²) in [5, 5.41) is 3.45. The lowest BCUT2D eigenvalue weighted by atomic mass is 10.0. The van der Waals surface area contributed by atoms with Gasteiger partial charge in [0.15, 0.2) is 0 Å². The number of ether oxygens (including phenoxy) is 1. The smallest absolute Gasteiger partial charge is 0.127 e. The minimum atomic E-state index is 0.192. The highest BCUT2D eigenvalue weighted by Gasteiger charge is 2.12. The third kappa shape index (κ3) is 4.61. The second-order valence-corrected chi connectivity index (χ2v) is 5.57. The van der Waals surface area contributed by atoms with Crippen LogP contribution in [0, 0.1) is 0 Å². The van der Waals surface area contributed by atoms with Crippen molar-refractivity contribution < 1.29 is 4.74 Å². The van der Waals surface area contributed by atoms with Gasteiger partial charge < -0.3 is 10.1 Å². The van der Waals surface area contributed by atoms with Crippen molar-refractivity contribution in [2.24, 2.45) is 0 Å². The topological polar surface area (TPSA) is 21.3 Å². The van der Waals surface area contributed by atoms with Crippen molar-refractivity contribution >= 4 is 0 Å². The van der Waals surface area contributed by atoms with Crippen LogP contribution in [0.5, 0.6) is 5.75 Å². The van der Waals surface area contributed by atoms with Gasteiger partial charge in [-0.15, -0.1) is 0 Å². The molecular weight excluding hydrogens is 258 g/mol. The zero-order valence-corrected chi connectivity index (χ0v) is 13.2. The van der Waals surface area contributed by atoms with Crippen LogP contribution in [0.2, 0.25) is 0 Å². The molecule has 0 bridgehead atoms. The average molecular weight is 283 g/mol. The molecule has 0 amide bonds. The molecule has 0 spiro atoms. The Morgan fingerprint density at radius 3 is 2.29 bits per heavy atom. The van der Waals surface area contributed by atoms with E-state index in [1.807, 2.05) is 12.1 Å². The first-order valence-corrected chi connectivity index (χ1v) is 7.75. The summed E-state index contributed by atoms with van der Waals surface area (Å²) in [7, 11) is 0. The fourth-order valence-corrected chi connectivity index (χ4v) is 2.24. The highest BCUT2D eigenvalue weighted by atomic mass is 16.5. The summed E-state index contributed by atoms with van der Waals surface area (Å²) < 4.78 is 6.24. The Hall–Kier alpha value is -1.80. The van der Waals surface area contributed by atoms with Crippen molar-refractivity contribution in [1.82, 2.24) is 5.32 Å². The van der Waals surface area contributed by atoms with Crippen LogP contribution in [0.1, 0.15) is 27.2 Å². The highest BCUT2D eigenvalue weighted by Crippen LogP contribution is 2.30. The normalized spacial score (nSPS) is 12.4. The van der Waals surface area contributed by atoms with Gasteiger partial charge in [0, 0.05) is 18.2 Å². The fourth-order valence-electron chi connectivity index (χ4n) is 2.24. The molecule has 1 unspecified atom stereocenters. The second kappa shape index (κ2) is 7.84. The largest absolute Gasteiger partial charge is 0.488 e. The van der Waals surface area contributed by atoms with Gasteiger partial charge in [0.1, 0.15) is 11.9 Å². The molecule has 0 aliphatic heterocycles. The zero-order chi connectivity index (χ0) is 15.1. The molecule has 1 N–H and O–H groups in total. The van der Waals surface area contributed by atoms with Gasteiger partial charge in [-0.2, -0.15) is 0 Å². The molecule has 21 heavy (non-hydrogen) atoms. The molecule has 0 radical (unpaired) electrons. The fraction of sp³-hybridized carbons (Fsp3) is 0.368. The lowest BCUT2D eigenvalue weighted by Gasteiger charge is -2.21. The molecule has 0 saturated carbocycles. The average Bonchev–Trinajstić information content (AvgIpc) is 2.52. The minimum Gasteiger partial charge on any atom is -0.488 e. The SMILES string of the molecule is CCC(CNC(C)C)Oc1ccccc1-c1ccccc1. The van der Waals surface area contributed by atoms with E-state index in [0.29, 0.717) is 6.04 Å². The highest BCUT2D eigenvalue weighted by molar-refractivity contribution is 5.70. The first-order chi connectivity index (χ1) is 10.2.